The SMILES string of the molecule is CNc1nc(N[C@H]2CCN(C3COC3)C[C@H]2F)nn2ccc(-c3ccc4nc(C)n(CCC(F)F)c4n3)c12. The standard InChI is InChI=1S/C25H30F3N9O/c1-14-30-20-4-3-18(31-24(20)36(14)9-7-21(27)28)16-5-10-37-22(16)23(29-2)33-25(34-37)32-19-6-8-35(11-17(19)26)15-12-38-13-15/h3-5,10,15,17,19,21H,6-9,11-13H2,1-2H3,(H2,29,32,33,34)/t17-,19+/m1/s1. The number of anilines is 2. The Kier molecular flexibility index (Phi) is 6.56. The van der Waals surface area contributed by atoms with E-state index >= 15 is 4.39 Å². The van der Waals surface area contributed by atoms with Gasteiger partial charge >= 0.3 is 0 Å². The van der Waals surface area contributed by atoms with Gasteiger partial charge in [-0.25, -0.2) is 27.7 Å². The highest BCUT2D eigenvalue weighted by Crippen LogP contribution is 2.31. The van der Waals surface area contributed by atoms with Gasteiger partial charge < -0.3 is 19.9 Å². The number of pyridine rings is 1. The molecule has 10 nitrogen and oxygen atoms in total. The summed E-state index contributed by atoms with van der Waals surface area (Å²) in [4.78, 5) is 16.0. The van der Waals surface area contributed by atoms with Crippen LogP contribution in [0.1, 0.15) is 18.7 Å². The van der Waals surface area contributed by atoms with Crippen molar-refractivity contribution in [3.63, 3.8) is 0 Å². The maximum absolute atomic E-state index is 15.0. The van der Waals surface area contributed by atoms with Gasteiger partial charge in [-0.2, -0.15) is 4.98 Å². The number of aryl methyl sites for hydroxylation is 2. The summed E-state index contributed by atoms with van der Waals surface area (Å²) in [6.45, 7) is 4.42. The third kappa shape index (κ3) is 4.53. The summed E-state index contributed by atoms with van der Waals surface area (Å²) in [6, 6.07) is 5.50. The molecule has 0 bridgehead atoms. The highest BCUT2D eigenvalue weighted by Gasteiger charge is 2.35. The molecule has 2 saturated heterocycles. The van der Waals surface area contributed by atoms with Crippen molar-refractivity contribution >= 4 is 28.4 Å². The lowest BCUT2D eigenvalue weighted by atomic mass is 10.0. The second-order valence-electron chi connectivity index (χ2n) is 9.83. The zero-order valence-corrected chi connectivity index (χ0v) is 21.2. The van der Waals surface area contributed by atoms with Gasteiger partial charge in [-0.1, -0.05) is 0 Å². The Labute approximate surface area is 217 Å². The molecular formula is C25H30F3N9O. The first-order valence-corrected chi connectivity index (χ1v) is 12.8. The molecule has 2 fully saturated rings. The number of fused-ring (bicyclic) bond motifs is 2. The largest absolute Gasteiger partial charge is 0.378 e. The first-order valence-electron chi connectivity index (χ1n) is 12.8. The minimum absolute atomic E-state index is 0.135. The maximum atomic E-state index is 15.0. The normalized spacial score (nSPS) is 20.9. The highest BCUT2D eigenvalue weighted by atomic mass is 19.3. The van der Waals surface area contributed by atoms with E-state index in [9.17, 15) is 8.78 Å². The first kappa shape index (κ1) is 24.9. The molecule has 6 rings (SSSR count). The summed E-state index contributed by atoms with van der Waals surface area (Å²) in [5.41, 5.74) is 3.34. The third-order valence-corrected chi connectivity index (χ3v) is 7.40. The number of aromatic nitrogens is 6. The maximum Gasteiger partial charge on any atom is 0.243 e. The van der Waals surface area contributed by atoms with Crippen molar-refractivity contribution in [1.29, 1.82) is 0 Å². The number of imidazole rings is 1. The van der Waals surface area contributed by atoms with Gasteiger partial charge in [0.1, 0.15) is 23.0 Å². The Bertz CT molecular complexity index is 1450. The van der Waals surface area contributed by atoms with Crippen LogP contribution in [0.3, 0.4) is 0 Å². The van der Waals surface area contributed by atoms with E-state index in [0.29, 0.717) is 72.2 Å². The number of halogens is 3. The molecule has 0 saturated carbocycles. The van der Waals surface area contributed by atoms with Crippen LogP contribution < -0.4 is 10.6 Å². The fraction of sp³-hybridized carbons (Fsp3) is 0.520. The number of piperidine rings is 1. The summed E-state index contributed by atoms with van der Waals surface area (Å²) in [7, 11) is 1.76. The summed E-state index contributed by atoms with van der Waals surface area (Å²) >= 11 is 0. The van der Waals surface area contributed by atoms with Crippen LogP contribution >= 0.6 is 0 Å². The Morgan fingerprint density at radius 2 is 2.00 bits per heavy atom. The molecule has 0 spiro atoms. The van der Waals surface area contributed by atoms with Gasteiger partial charge in [0.2, 0.25) is 12.4 Å². The number of likely N-dealkylation sites (tertiary alicyclic amines) is 1. The van der Waals surface area contributed by atoms with E-state index in [1.54, 1.807) is 29.3 Å². The molecule has 2 aliphatic heterocycles. The lowest BCUT2D eigenvalue weighted by Crippen LogP contribution is -2.57. The van der Waals surface area contributed by atoms with Gasteiger partial charge in [-0.15, -0.1) is 5.10 Å². The topological polar surface area (TPSA) is 97.4 Å². The Morgan fingerprint density at radius 3 is 2.71 bits per heavy atom. The second kappa shape index (κ2) is 10.0. The molecule has 2 aliphatic rings. The van der Waals surface area contributed by atoms with Crippen LogP contribution in [-0.4, -0.2) is 92.1 Å². The fourth-order valence-corrected chi connectivity index (χ4v) is 5.25. The molecule has 0 amide bonds. The first-order chi connectivity index (χ1) is 18.4. The molecule has 2 atom stereocenters. The molecule has 4 aromatic rings. The number of nitrogens with one attached hydrogen (secondary N) is 2. The van der Waals surface area contributed by atoms with Crippen molar-refractivity contribution in [3.8, 4) is 11.3 Å². The van der Waals surface area contributed by atoms with Crippen LogP contribution in [0.5, 0.6) is 0 Å². The average Bonchev–Trinajstić information content (AvgIpc) is 3.42. The summed E-state index contributed by atoms with van der Waals surface area (Å²) in [6.07, 6.45) is -1.27. The van der Waals surface area contributed by atoms with Crippen molar-refractivity contribution in [2.45, 2.75) is 51.0 Å². The number of alkyl halides is 3. The lowest BCUT2D eigenvalue weighted by Gasteiger charge is -2.42. The number of nitrogens with zero attached hydrogens (tertiary/aromatic N) is 7. The number of ether oxygens (including phenoxy) is 1. The van der Waals surface area contributed by atoms with Crippen LogP contribution in [0.2, 0.25) is 0 Å². The fourth-order valence-electron chi connectivity index (χ4n) is 5.25. The minimum Gasteiger partial charge on any atom is -0.378 e. The van der Waals surface area contributed by atoms with Crippen molar-refractivity contribution in [3.05, 3.63) is 30.2 Å². The minimum atomic E-state index is -2.40. The molecule has 0 aromatic carbocycles. The quantitative estimate of drug-likeness (QED) is 0.359. The molecule has 13 heteroatoms. The van der Waals surface area contributed by atoms with Crippen LogP contribution in [0, 0.1) is 6.92 Å². The van der Waals surface area contributed by atoms with Gasteiger partial charge in [0.05, 0.1) is 31.0 Å². The van der Waals surface area contributed by atoms with E-state index in [2.05, 4.69) is 30.6 Å². The van der Waals surface area contributed by atoms with E-state index in [1.807, 2.05) is 18.2 Å². The van der Waals surface area contributed by atoms with Crippen LogP contribution in [-0.2, 0) is 11.3 Å². The molecule has 38 heavy (non-hydrogen) atoms. The lowest BCUT2D eigenvalue weighted by molar-refractivity contribution is -0.0794. The van der Waals surface area contributed by atoms with Gasteiger partial charge in [-0.05, 0) is 31.5 Å². The average molecular weight is 530 g/mol. The molecule has 202 valence electrons. The van der Waals surface area contributed by atoms with E-state index in [0.717, 1.165) is 12.1 Å². The number of hydrogen-bond donors (Lipinski definition) is 2. The number of rotatable bonds is 8. The smallest absolute Gasteiger partial charge is 0.243 e. The van der Waals surface area contributed by atoms with Crippen LogP contribution in [0.15, 0.2) is 24.4 Å². The second-order valence-corrected chi connectivity index (χ2v) is 9.83. The summed E-state index contributed by atoms with van der Waals surface area (Å²) in [5.74, 6) is 1.53. The molecule has 4 aromatic heterocycles. The van der Waals surface area contributed by atoms with Crippen molar-refractivity contribution in [2.75, 3.05) is 44.0 Å². The van der Waals surface area contributed by atoms with Gasteiger partial charge in [0, 0.05) is 44.9 Å². The molecular weight excluding hydrogens is 499 g/mol. The Balaban J connectivity index is 1.28. The Hall–Kier alpha value is -3.45. The number of hydrogen-bond acceptors (Lipinski definition) is 8. The van der Waals surface area contributed by atoms with Gasteiger partial charge in [0.15, 0.2) is 11.5 Å². The van der Waals surface area contributed by atoms with Crippen molar-refractivity contribution < 1.29 is 17.9 Å². The molecule has 0 unspecified atom stereocenters. The highest BCUT2D eigenvalue weighted by molar-refractivity contribution is 5.89. The summed E-state index contributed by atoms with van der Waals surface area (Å²) in [5, 5.41) is 10.9. The van der Waals surface area contributed by atoms with Gasteiger partial charge in [0.25, 0.3) is 0 Å². The predicted molar refractivity (Wildman–Crippen MR) is 138 cm³/mol. The summed E-state index contributed by atoms with van der Waals surface area (Å²) < 4.78 is 49.4. The van der Waals surface area contributed by atoms with Crippen molar-refractivity contribution in [2.24, 2.45) is 0 Å². The Morgan fingerprint density at radius 1 is 1.16 bits per heavy atom. The molecule has 0 aliphatic carbocycles. The zero-order chi connectivity index (χ0) is 26.4. The van der Waals surface area contributed by atoms with Crippen LogP contribution in [0.4, 0.5) is 24.9 Å². The van der Waals surface area contributed by atoms with E-state index < -0.39 is 12.6 Å². The monoisotopic (exact) mass is 529 g/mol. The van der Waals surface area contributed by atoms with E-state index in [4.69, 9.17) is 9.72 Å². The zero-order valence-electron chi connectivity index (χ0n) is 21.2. The van der Waals surface area contributed by atoms with Crippen molar-refractivity contribution in [1.82, 2.24) is 34.0 Å². The van der Waals surface area contributed by atoms with Gasteiger partial charge in [-0.3, -0.25) is 4.90 Å². The predicted octanol–water partition coefficient (Wildman–Crippen LogP) is 3.37. The van der Waals surface area contributed by atoms with E-state index in [1.165, 1.54) is 0 Å². The molecule has 6 heterocycles. The van der Waals surface area contributed by atoms with Crippen LogP contribution in [0.25, 0.3) is 27.9 Å². The third-order valence-electron chi connectivity index (χ3n) is 7.40. The molecule has 0 radical (unpaired) electrons. The van der Waals surface area contributed by atoms with E-state index in [-0.39, 0.29) is 19.0 Å². The molecule has 2 N–H and O–H groups in total.